The number of hydrogen-bond donors (Lipinski definition) is 2. The van der Waals surface area contributed by atoms with Crippen LogP contribution >= 0.6 is 0 Å². The Bertz CT molecular complexity index is 642. The molecule has 1 heterocycles. The summed E-state index contributed by atoms with van der Waals surface area (Å²) in [6.07, 6.45) is 0.483. The van der Waals surface area contributed by atoms with Crippen molar-refractivity contribution in [3.05, 3.63) is 35.9 Å². The molecule has 2 rings (SSSR count). The highest BCUT2D eigenvalue weighted by Crippen LogP contribution is 2.20. The van der Waals surface area contributed by atoms with Gasteiger partial charge in [0.15, 0.2) is 0 Å². The third kappa shape index (κ3) is 6.06. The second-order valence-corrected chi connectivity index (χ2v) is 6.96. The van der Waals surface area contributed by atoms with E-state index in [4.69, 9.17) is 0 Å². The number of rotatable bonds is 6. The van der Waals surface area contributed by atoms with Gasteiger partial charge in [-0.2, -0.15) is 0 Å². The maximum atomic E-state index is 12.6. The summed E-state index contributed by atoms with van der Waals surface area (Å²) < 4.78 is 0. The van der Waals surface area contributed by atoms with E-state index in [1.165, 1.54) is 5.56 Å². The fraction of sp³-hybridized carbons (Fsp3) is 0.550. The van der Waals surface area contributed by atoms with Gasteiger partial charge in [0.05, 0.1) is 6.04 Å². The molecule has 0 aliphatic carbocycles. The van der Waals surface area contributed by atoms with Crippen molar-refractivity contribution in [1.82, 2.24) is 20.4 Å². The number of nitrogens with zero attached hydrogens (tertiary/aromatic N) is 2. The summed E-state index contributed by atoms with van der Waals surface area (Å²) in [7, 11) is 0. The Balaban J connectivity index is 1.79. The summed E-state index contributed by atoms with van der Waals surface area (Å²) in [4.78, 5) is 40.1. The lowest BCUT2D eigenvalue weighted by molar-refractivity contribution is -0.134. The predicted molar refractivity (Wildman–Crippen MR) is 104 cm³/mol. The van der Waals surface area contributed by atoms with Gasteiger partial charge < -0.3 is 10.2 Å². The summed E-state index contributed by atoms with van der Waals surface area (Å²) in [5.41, 5.74) is 1.17. The molecule has 7 nitrogen and oxygen atoms in total. The molecule has 0 radical (unpaired) electrons. The molecule has 0 spiro atoms. The predicted octanol–water partition coefficient (Wildman–Crippen LogP) is 1.56. The number of piperazine rings is 1. The molecule has 1 aromatic carbocycles. The average molecular weight is 374 g/mol. The maximum Gasteiger partial charge on any atom is 0.321 e. The zero-order valence-electron chi connectivity index (χ0n) is 16.4. The minimum absolute atomic E-state index is 0.144. The van der Waals surface area contributed by atoms with E-state index < -0.39 is 12.1 Å². The number of imide groups is 1. The van der Waals surface area contributed by atoms with Gasteiger partial charge >= 0.3 is 6.03 Å². The van der Waals surface area contributed by atoms with Gasteiger partial charge in [-0.15, -0.1) is 0 Å². The number of urea groups is 1. The molecule has 1 aromatic rings. The third-order valence-corrected chi connectivity index (χ3v) is 5.02. The molecular weight excluding hydrogens is 344 g/mol. The van der Waals surface area contributed by atoms with Crippen LogP contribution in [0.4, 0.5) is 4.79 Å². The summed E-state index contributed by atoms with van der Waals surface area (Å²) >= 11 is 0. The zero-order chi connectivity index (χ0) is 19.8. The van der Waals surface area contributed by atoms with Crippen molar-refractivity contribution in [3.63, 3.8) is 0 Å². The molecule has 1 aliphatic heterocycles. The molecule has 2 unspecified atom stereocenters. The van der Waals surface area contributed by atoms with Crippen LogP contribution in [0.3, 0.4) is 0 Å². The third-order valence-electron chi connectivity index (χ3n) is 5.02. The van der Waals surface area contributed by atoms with E-state index in [-0.39, 0.29) is 17.7 Å². The number of amides is 4. The molecule has 0 aromatic heterocycles. The van der Waals surface area contributed by atoms with Crippen molar-refractivity contribution in [3.8, 4) is 0 Å². The highest BCUT2D eigenvalue weighted by molar-refractivity contribution is 5.96. The van der Waals surface area contributed by atoms with Crippen LogP contribution < -0.4 is 10.6 Å². The summed E-state index contributed by atoms with van der Waals surface area (Å²) in [5.74, 6) is 0.00219. The van der Waals surface area contributed by atoms with Crippen LogP contribution in [0, 0.1) is 0 Å². The topological polar surface area (TPSA) is 81.8 Å². The number of carbonyl (C=O) groups excluding carboxylic acids is 3. The van der Waals surface area contributed by atoms with Gasteiger partial charge in [-0.1, -0.05) is 37.3 Å². The molecule has 2 N–H and O–H groups in total. The number of carbonyl (C=O) groups is 3. The zero-order valence-corrected chi connectivity index (χ0v) is 16.4. The van der Waals surface area contributed by atoms with Crippen molar-refractivity contribution in [2.45, 2.75) is 39.2 Å². The fourth-order valence-corrected chi connectivity index (χ4v) is 3.24. The Kier molecular flexibility index (Phi) is 7.79. The van der Waals surface area contributed by atoms with Crippen LogP contribution in [-0.2, 0) is 9.59 Å². The SMILES string of the molecule is CCNC(=O)NC(=O)C(C)N1CCN(C(=O)CC(C)c2ccccc2)CC1. The van der Waals surface area contributed by atoms with Gasteiger partial charge in [0, 0.05) is 39.1 Å². The minimum Gasteiger partial charge on any atom is -0.340 e. The molecule has 1 aliphatic rings. The summed E-state index contributed by atoms with van der Waals surface area (Å²) in [5, 5.41) is 4.89. The normalized spacial score (nSPS) is 17.1. The first-order valence-electron chi connectivity index (χ1n) is 9.57. The highest BCUT2D eigenvalue weighted by Gasteiger charge is 2.28. The van der Waals surface area contributed by atoms with E-state index >= 15 is 0 Å². The number of hydrogen-bond acceptors (Lipinski definition) is 4. The largest absolute Gasteiger partial charge is 0.340 e. The number of benzene rings is 1. The molecule has 1 saturated heterocycles. The van der Waals surface area contributed by atoms with Crippen LogP contribution in [0.1, 0.15) is 38.7 Å². The molecule has 0 bridgehead atoms. The van der Waals surface area contributed by atoms with Gasteiger partial charge in [0.25, 0.3) is 0 Å². The molecule has 148 valence electrons. The quantitative estimate of drug-likeness (QED) is 0.792. The van der Waals surface area contributed by atoms with E-state index in [9.17, 15) is 14.4 Å². The molecule has 2 atom stereocenters. The lowest BCUT2D eigenvalue weighted by Crippen LogP contribution is -2.56. The van der Waals surface area contributed by atoms with E-state index in [0.29, 0.717) is 39.1 Å². The fourth-order valence-electron chi connectivity index (χ4n) is 3.24. The standard InChI is InChI=1S/C20H30N4O3/c1-4-21-20(27)22-19(26)16(3)23-10-12-24(13-11-23)18(25)14-15(2)17-8-6-5-7-9-17/h5-9,15-16H,4,10-14H2,1-3H3,(H2,21,22,26,27). The average Bonchev–Trinajstić information content (AvgIpc) is 2.68. The lowest BCUT2D eigenvalue weighted by Gasteiger charge is -2.37. The van der Waals surface area contributed by atoms with Gasteiger partial charge in [-0.05, 0) is 25.3 Å². The Labute approximate surface area is 161 Å². The molecule has 27 heavy (non-hydrogen) atoms. The van der Waals surface area contributed by atoms with Crippen molar-refractivity contribution >= 4 is 17.8 Å². The smallest absolute Gasteiger partial charge is 0.321 e. The van der Waals surface area contributed by atoms with Crippen LogP contribution in [0.15, 0.2) is 30.3 Å². The molecule has 1 fully saturated rings. The van der Waals surface area contributed by atoms with E-state index in [2.05, 4.69) is 17.6 Å². The van der Waals surface area contributed by atoms with Gasteiger partial charge in [-0.3, -0.25) is 19.8 Å². The van der Waals surface area contributed by atoms with E-state index in [1.807, 2.05) is 40.1 Å². The Morgan fingerprint density at radius 2 is 1.67 bits per heavy atom. The highest BCUT2D eigenvalue weighted by atomic mass is 16.2. The Morgan fingerprint density at radius 3 is 2.26 bits per heavy atom. The van der Waals surface area contributed by atoms with Crippen LogP contribution in [0.5, 0.6) is 0 Å². The van der Waals surface area contributed by atoms with E-state index in [0.717, 1.165) is 0 Å². The van der Waals surface area contributed by atoms with Crippen LogP contribution in [-0.4, -0.2) is 66.4 Å². The molecule has 4 amide bonds. The molecule has 0 saturated carbocycles. The maximum absolute atomic E-state index is 12.6. The first kappa shape index (κ1) is 20.9. The molecular formula is C20H30N4O3. The Morgan fingerprint density at radius 1 is 1.04 bits per heavy atom. The monoisotopic (exact) mass is 374 g/mol. The van der Waals surface area contributed by atoms with Gasteiger partial charge in [-0.25, -0.2) is 4.79 Å². The lowest BCUT2D eigenvalue weighted by atomic mass is 9.97. The first-order valence-corrected chi connectivity index (χ1v) is 9.57. The van der Waals surface area contributed by atoms with Crippen molar-refractivity contribution in [1.29, 1.82) is 0 Å². The second kappa shape index (κ2) is 10.1. The van der Waals surface area contributed by atoms with Gasteiger partial charge in [0.1, 0.15) is 0 Å². The summed E-state index contributed by atoms with van der Waals surface area (Å²) in [6.45, 7) is 8.54. The van der Waals surface area contributed by atoms with Crippen molar-refractivity contribution in [2.75, 3.05) is 32.7 Å². The van der Waals surface area contributed by atoms with Crippen LogP contribution in [0.2, 0.25) is 0 Å². The Hall–Kier alpha value is -2.41. The van der Waals surface area contributed by atoms with Crippen LogP contribution in [0.25, 0.3) is 0 Å². The first-order chi connectivity index (χ1) is 12.9. The second-order valence-electron chi connectivity index (χ2n) is 6.96. The van der Waals surface area contributed by atoms with Gasteiger partial charge in [0.2, 0.25) is 11.8 Å². The van der Waals surface area contributed by atoms with Crippen molar-refractivity contribution in [2.24, 2.45) is 0 Å². The number of nitrogens with one attached hydrogen (secondary N) is 2. The van der Waals surface area contributed by atoms with Crippen molar-refractivity contribution < 1.29 is 14.4 Å². The van der Waals surface area contributed by atoms with E-state index in [1.54, 1.807) is 13.8 Å². The summed E-state index contributed by atoms with van der Waals surface area (Å²) in [6, 6.07) is 9.16. The molecule has 7 heteroatoms. The minimum atomic E-state index is -0.474.